The lowest BCUT2D eigenvalue weighted by Crippen LogP contribution is -2.46. The molecule has 0 aliphatic heterocycles. The minimum atomic E-state index is -1.58. The Kier molecular flexibility index (Phi) is 8.55. The number of amides is 2. The maximum Gasteiger partial charge on any atom is 0.326 e. The SMILES string of the molecule is Cc1nc2ccccc2c(=O)n1CCSCC(=O)NCC(=O)NC(CC(=O)O)C(=O)O. The Labute approximate surface area is 180 Å². The van der Waals surface area contributed by atoms with E-state index in [0.717, 1.165) is 0 Å². The Bertz CT molecular complexity index is 1050. The highest BCUT2D eigenvalue weighted by molar-refractivity contribution is 7.99. The van der Waals surface area contributed by atoms with Crippen LogP contribution in [0.5, 0.6) is 0 Å². The number of carbonyl (C=O) groups excluding carboxylic acids is 2. The smallest absolute Gasteiger partial charge is 0.326 e. The number of nitrogens with zero attached hydrogens (tertiary/aromatic N) is 2. The number of aliphatic carboxylic acids is 2. The van der Waals surface area contributed by atoms with Gasteiger partial charge in [-0.3, -0.25) is 23.7 Å². The zero-order chi connectivity index (χ0) is 23.0. The molecule has 0 fully saturated rings. The van der Waals surface area contributed by atoms with Crippen molar-refractivity contribution in [2.75, 3.05) is 18.1 Å². The number of thioether (sulfide) groups is 1. The van der Waals surface area contributed by atoms with Crippen LogP contribution in [-0.2, 0) is 25.7 Å². The monoisotopic (exact) mass is 450 g/mol. The van der Waals surface area contributed by atoms with Crippen LogP contribution in [-0.4, -0.2) is 67.6 Å². The van der Waals surface area contributed by atoms with Crippen molar-refractivity contribution in [2.45, 2.75) is 25.9 Å². The van der Waals surface area contributed by atoms with Crippen LogP contribution in [0, 0.1) is 6.92 Å². The van der Waals surface area contributed by atoms with Crippen molar-refractivity contribution in [1.82, 2.24) is 20.2 Å². The zero-order valence-electron chi connectivity index (χ0n) is 16.7. The largest absolute Gasteiger partial charge is 0.481 e. The normalized spacial score (nSPS) is 11.6. The number of rotatable bonds is 11. The number of benzene rings is 1. The summed E-state index contributed by atoms with van der Waals surface area (Å²) in [5.74, 6) is -3.06. The van der Waals surface area contributed by atoms with Crippen molar-refractivity contribution in [2.24, 2.45) is 0 Å². The summed E-state index contributed by atoms with van der Waals surface area (Å²) in [7, 11) is 0. The summed E-state index contributed by atoms with van der Waals surface area (Å²) in [5.41, 5.74) is 0.471. The highest BCUT2D eigenvalue weighted by Crippen LogP contribution is 2.08. The number of carboxylic acid groups (broad SMARTS) is 2. The summed E-state index contributed by atoms with van der Waals surface area (Å²) in [6.45, 7) is 1.62. The van der Waals surface area contributed by atoms with Crippen LogP contribution in [0.15, 0.2) is 29.1 Å². The highest BCUT2D eigenvalue weighted by Gasteiger charge is 2.23. The topological polar surface area (TPSA) is 168 Å². The first kappa shape index (κ1) is 23.9. The van der Waals surface area contributed by atoms with E-state index in [1.165, 1.54) is 16.3 Å². The van der Waals surface area contributed by atoms with Crippen LogP contribution >= 0.6 is 11.8 Å². The molecule has 0 radical (unpaired) electrons. The Morgan fingerprint density at radius 3 is 2.55 bits per heavy atom. The molecule has 1 atom stereocenters. The van der Waals surface area contributed by atoms with Gasteiger partial charge in [-0.05, 0) is 19.1 Å². The standard InChI is InChI=1S/C19H22N4O7S/c1-11-21-13-5-3-2-4-12(13)18(28)23(11)6-7-31-10-16(25)20-9-15(24)22-14(19(29)30)8-17(26)27/h2-5,14H,6-10H2,1H3,(H,20,25)(H,22,24)(H,26,27)(H,29,30). The van der Waals surface area contributed by atoms with Crippen molar-refractivity contribution >= 4 is 46.4 Å². The molecule has 11 nitrogen and oxygen atoms in total. The van der Waals surface area contributed by atoms with Gasteiger partial charge in [0.05, 0.1) is 29.6 Å². The highest BCUT2D eigenvalue weighted by atomic mass is 32.2. The summed E-state index contributed by atoms with van der Waals surface area (Å²) in [4.78, 5) is 62.1. The Hall–Kier alpha value is -3.41. The average Bonchev–Trinajstić information content (AvgIpc) is 2.70. The maximum absolute atomic E-state index is 12.6. The van der Waals surface area contributed by atoms with Gasteiger partial charge in [0.15, 0.2) is 0 Å². The van der Waals surface area contributed by atoms with Gasteiger partial charge >= 0.3 is 11.9 Å². The molecule has 12 heteroatoms. The molecular formula is C19H22N4O7S. The lowest BCUT2D eigenvalue weighted by atomic mass is 10.2. The first-order valence-corrected chi connectivity index (χ1v) is 10.4. The second-order valence-corrected chi connectivity index (χ2v) is 7.62. The minimum absolute atomic E-state index is 0.0274. The quantitative estimate of drug-likeness (QED) is 0.333. The number of aromatic nitrogens is 2. The van der Waals surface area contributed by atoms with E-state index in [2.05, 4.69) is 10.3 Å². The van der Waals surface area contributed by atoms with Crippen LogP contribution in [0.4, 0.5) is 0 Å². The molecule has 31 heavy (non-hydrogen) atoms. The van der Waals surface area contributed by atoms with Gasteiger partial charge in [0, 0.05) is 12.3 Å². The first-order valence-electron chi connectivity index (χ1n) is 9.23. The number of hydrogen-bond acceptors (Lipinski definition) is 7. The van der Waals surface area contributed by atoms with Gasteiger partial charge in [-0.25, -0.2) is 9.78 Å². The van der Waals surface area contributed by atoms with Crippen LogP contribution in [0.25, 0.3) is 10.9 Å². The number of carboxylic acids is 2. The van der Waals surface area contributed by atoms with E-state index >= 15 is 0 Å². The molecule has 0 bridgehead atoms. The molecule has 0 aliphatic rings. The van der Waals surface area contributed by atoms with Gasteiger partial charge in [-0.15, -0.1) is 0 Å². The number of aryl methyl sites for hydroxylation is 1. The van der Waals surface area contributed by atoms with Crippen LogP contribution in [0.2, 0.25) is 0 Å². The Morgan fingerprint density at radius 2 is 1.87 bits per heavy atom. The van der Waals surface area contributed by atoms with Crippen molar-refractivity contribution in [1.29, 1.82) is 0 Å². The van der Waals surface area contributed by atoms with Gasteiger partial charge < -0.3 is 20.8 Å². The maximum atomic E-state index is 12.6. The molecule has 166 valence electrons. The average molecular weight is 450 g/mol. The fourth-order valence-electron chi connectivity index (χ4n) is 2.71. The van der Waals surface area contributed by atoms with Crippen LogP contribution in [0.3, 0.4) is 0 Å². The number of carbonyl (C=O) groups is 4. The zero-order valence-corrected chi connectivity index (χ0v) is 17.5. The summed E-state index contributed by atoms with van der Waals surface area (Å²) < 4.78 is 1.54. The van der Waals surface area contributed by atoms with Crippen molar-refractivity contribution in [3.05, 3.63) is 40.4 Å². The lowest BCUT2D eigenvalue weighted by Gasteiger charge is -2.13. The van der Waals surface area contributed by atoms with Crippen LogP contribution in [0.1, 0.15) is 12.2 Å². The van der Waals surface area contributed by atoms with E-state index in [-0.39, 0.29) is 11.3 Å². The molecule has 2 rings (SSSR count). The van der Waals surface area contributed by atoms with E-state index in [1.54, 1.807) is 31.2 Å². The predicted octanol–water partition coefficient (Wildman–Crippen LogP) is -0.402. The summed E-state index contributed by atoms with van der Waals surface area (Å²) in [6.07, 6.45) is -0.771. The van der Waals surface area contributed by atoms with E-state index in [9.17, 15) is 24.0 Å². The molecular weight excluding hydrogens is 428 g/mol. The first-order chi connectivity index (χ1) is 14.7. The van der Waals surface area contributed by atoms with E-state index in [0.29, 0.717) is 29.0 Å². The molecule has 1 aromatic carbocycles. The lowest BCUT2D eigenvalue weighted by molar-refractivity contribution is -0.147. The molecule has 1 unspecified atom stereocenters. The Balaban J connectivity index is 1.77. The van der Waals surface area contributed by atoms with E-state index in [1.807, 2.05) is 5.32 Å². The number of nitrogens with one attached hydrogen (secondary N) is 2. The third-order valence-corrected chi connectivity index (χ3v) is 5.14. The van der Waals surface area contributed by atoms with E-state index < -0.39 is 42.8 Å². The number of hydrogen-bond donors (Lipinski definition) is 4. The van der Waals surface area contributed by atoms with Crippen molar-refractivity contribution in [3.63, 3.8) is 0 Å². The molecule has 2 amide bonds. The molecule has 4 N–H and O–H groups in total. The molecule has 1 aromatic heterocycles. The molecule has 2 aromatic rings. The van der Waals surface area contributed by atoms with Crippen LogP contribution < -0.4 is 16.2 Å². The summed E-state index contributed by atoms with van der Waals surface area (Å²) in [6, 6.07) is 5.47. The third kappa shape index (κ3) is 7.10. The summed E-state index contributed by atoms with van der Waals surface area (Å²) in [5, 5.41) is 22.4. The van der Waals surface area contributed by atoms with Gasteiger partial charge in [-0.1, -0.05) is 12.1 Å². The van der Waals surface area contributed by atoms with E-state index in [4.69, 9.17) is 10.2 Å². The van der Waals surface area contributed by atoms with Crippen molar-refractivity contribution in [3.8, 4) is 0 Å². The molecule has 0 saturated carbocycles. The molecule has 0 spiro atoms. The molecule has 0 saturated heterocycles. The number of fused-ring (bicyclic) bond motifs is 1. The second-order valence-electron chi connectivity index (χ2n) is 6.52. The second kappa shape index (κ2) is 11.1. The number of para-hydroxylation sites is 1. The molecule has 1 heterocycles. The van der Waals surface area contributed by atoms with Gasteiger partial charge in [0.25, 0.3) is 5.56 Å². The third-order valence-electron chi connectivity index (χ3n) is 4.20. The Morgan fingerprint density at radius 1 is 1.16 bits per heavy atom. The van der Waals surface area contributed by atoms with Gasteiger partial charge in [0.1, 0.15) is 11.9 Å². The molecule has 0 aliphatic carbocycles. The fourth-order valence-corrected chi connectivity index (χ4v) is 3.46. The van der Waals surface area contributed by atoms with Gasteiger partial charge in [0.2, 0.25) is 11.8 Å². The van der Waals surface area contributed by atoms with Gasteiger partial charge in [-0.2, -0.15) is 11.8 Å². The van der Waals surface area contributed by atoms with Crippen molar-refractivity contribution < 1.29 is 29.4 Å². The minimum Gasteiger partial charge on any atom is -0.481 e. The summed E-state index contributed by atoms with van der Waals surface area (Å²) >= 11 is 1.25. The predicted molar refractivity (Wildman–Crippen MR) is 113 cm³/mol. The fraction of sp³-hybridized carbons (Fsp3) is 0.368.